The molecule has 0 spiro atoms. The molecule has 21 heavy (non-hydrogen) atoms. The van der Waals surface area contributed by atoms with Crippen molar-refractivity contribution in [3.05, 3.63) is 12.4 Å². The summed E-state index contributed by atoms with van der Waals surface area (Å²) in [5.41, 5.74) is 0. The number of unbranched alkanes of at least 4 members (excludes halogenated alkanes) is 7. The van der Waals surface area contributed by atoms with Crippen molar-refractivity contribution in [1.82, 2.24) is 9.80 Å². The Balaban J connectivity index is 2.27. The van der Waals surface area contributed by atoms with Crippen LogP contribution in [0.25, 0.3) is 0 Å². The van der Waals surface area contributed by atoms with Crippen LogP contribution < -0.4 is 0 Å². The molecule has 0 saturated carbocycles. The van der Waals surface area contributed by atoms with Gasteiger partial charge in [-0.3, -0.25) is 0 Å². The maximum absolute atomic E-state index is 2.59. The third-order valence-corrected chi connectivity index (χ3v) is 4.55. The van der Waals surface area contributed by atoms with Crippen LogP contribution in [0.15, 0.2) is 12.4 Å². The van der Waals surface area contributed by atoms with Crippen molar-refractivity contribution >= 4 is 0 Å². The van der Waals surface area contributed by atoms with E-state index in [-0.39, 0.29) is 0 Å². The molecule has 2 nitrogen and oxygen atoms in total. The first-order valence-electron chi connectivity index (χ1n) is 9.53. The lowest BCUT2D eigenvalue weighted by Gasteiger charge is -2.33. The maximum atomic E-state index is 2.59. The van der Waals surface area contributed by atoms with Gasteiger partial charge in [0, 0.05) is 25.5 Å². The van der Waals surface area contributed by atoms with Gasteiger partial charge < -0.3 is 9.80 Å². The molecule has 0 aromatic rings. The molecule has 0 aromatic heterocycles. The zero-order valence-electron chi connectivity index (χ0n) is 14.8. The van der Waals surface area contributed by atoms with Crippen LogP contribution in [0.5, 0.6) is 0 Å². The molecular formula is C19H38N2. The Bertz CT molecular complexity index is 262. The number of rotatable bonds is 13. The summed E-state index contributed by atoms with van der Waals surface area (Å²) in [6.07, 6.45) is 20.3. The summed E-state index contributed by atoms with van der Waals surface area (Å²) in [7, 11) is 0. The molecule has 1 aliphatic heterocycles. The molecule has 0 N–H and O–H groups in total. The molecule has 2 heteroatoms. The van der Waals surface area contributed by atoms with Crippen LogP contribution in [0.2, 0.25) is 0 Å². The first-order valence-corrected chi connectivity index (χ1v) is 9.53. The summed E-state index contributed by atoms with van der Waals surface area (Å²) in [4.78, 5) is 5.18. The van der Waals surface area contributed by atoms with Gasteiger partial charge in [0.05, 0.1) is 0 Å². The van der Waals surface area contributed by atoms with E-state index in [4.69, 9.17) is 0 Å². The van der Waals surface area contributed by atoms with Crippen LogP contribution >= 0.6 is 0 Å². The monoisotopic (exact) mass is 294 g/mol. The predicted octanol–water partition coefficient (Wildman–Crippen LogP) is 5.75. The van der Waals surface area contributed by atoms with E-state index < -0.39 is 0 Å². The molecular weight excluding hydrogens is 256 g/mol. The molecule has 0 saturated heterocycles. The minimum atomic E-state index is 0.641. The molecule has 1 rings (SSSR count). The van der Waals surface area contributed by atoms with E-state index in [9.17, 15) is 0 Å². The lowest BCUT2D eigenvalue weighted by molar-refractivity contribution is 0.138. The van der Waals surface area contributed by atoms with Crippen molar-refractivity contribution in [2.24, 2.45) is 0 Å². The summed E-state index contributed by atoms with van der Waals surface area (Å²) < 4.78 is 0. The molecule has 1 atom stereocenters. The van der Waals surface area contributed by atoms with E-state index in [1.807, 2.05) is 0 Å². The number of hydrogen-bond acceptors (Lipinski definition) is 2. The number of nitrogens with zero attached hydrogens (tertiary/aromatic N) is 2. The van der Waals surface area contributed by atoms with Crippen LogP contribution in [0.1, 0.15) is 91.4 Å². The third kappa shape index (κ3) is 7.24. The maximum Gasteiger partial charge on any atom is 0.101 e. The highest BCUT2D eigenvalue weighted by Crippen LogP contribution is 2.22. The van der Waals surface area contributed by atoms with Crippen molar-refractivity contribution in [2.75, 3.05) is 13.1 Å². The highest BCUT2D eigenvalue weighted by molar-refractivity contribution is 4.96. The van der Waals surface area contributed by atoms with Gasteiger partial charge in [-0.05, 0) is 19.3 Å². The van der Waals surface area contributed by atoms with Crippen LogP contribution in [0.3, 0.4) is 0 Å². The second-order valence-electron chi connectivity index (χ2n) is 6.52. The molecule has 0 amide bonds. The molecule has 0 fully saturated rings. The molecule has 0 aliphatic carbocycles. The van der Waals surface area contributed by atoms with Crippen molar-refractivity contribution in [3.63, 3.8) is 0 Å². The van der Waals surface area contributed by atoms with Crippen molar-refractivity contribution < 1.29 is 0 Å². The molecule has 0 bridgehead atoms. The van der Waals surface area contributed by atoms with Gasteiger partial charge in [-0.25, -0.2) is 0 Å². The van der Waals surface area contributed by atoms with Gasteiger partial charge in [0.15, 0.2) is 0 Å². The Morgan fingerprint density at radius 1 is 0.619 bits per heavy atom. The van der Waals surface area contributed by atoms with Gasteiger partial charge in [0.2, 0.25) is 0 Å². The molecule has 1 heterocycles. The zero-order valence-corrected chi connectivity index (χ0v) is 14.8. The normalized spacial score (nSPS) is 18.0. The highest BCUT2D eigenvalue weighted by Gasteiger charge is 2.24. The van der Waals surface area contributed by atoms with E-state index in [1.165, 1.54) is 83.7 Å². The predicted molar refractivity (Wildman–Crippen MR) is 94.1 cm³/mol. The van der Waals surface area contributed by atoms with E-state index >= 15 is 0 Å². The molecule has 0 radical (unpaired) electrons. The van der Waals surface area contributed by atoms with Gasteiger partial charge >= 0.3 is 0 Å². The molecule has 124 valence electrons. The zero-order chi connectivity index (χ0) is 15.3. The Morgan fingerprint density at radius 3 is 1.57 bits per heavy atom. The minimum Gasteiger partial charge on any atom is -0.356 e. The summed E-state index contributed by atoms with van der Waals surface area (Å²) in [6.45, 7) is 9.38. The largest absolute Gasteiger partial charge is 0.356 e. The minimum absolute atomic E-state index is 0.641. The van der Waals surface area contributed by atoms with Gasteiger partial charge in [0.1, 0.15) is 6.17 Å². The number of hydrogen-bond donors (Lipinski definition) is 0. The lowest BCUT2D eigenvalue weighted by Crippen LogP contribution is -2.39. The smallest absolute Gasteiger partial charge is 0.101 e. The van der Waals surface area contributed by atoms with Crippen LogP contribution in [0, 0.1) is 0 Å². The van der Waals surface area contributed by atoms with E-state index in [2.05, 4.69) is 43.0 Å². The summed E-state index contributed by atoms with van der Waals surface area (Å²) >= 11 is 0. The van der Waals surface area contributed by atoms with Gasteiger partial charge in [0.25, 0.3) is 0 Å². The second-order valence-corrected chi connectivity index (χ2v) is 6.52. The fraction of sp³-hybridized carbons (Fsp3) is 0.895. The Kier molecular flexibility index (Phi) is 10.5. The van der Waals surface area contributed by atoms with Gasteiger partial charge in [-0.2, -0.15) is 0 Å². The molecule has 1 aliphatic rings. The van der Waals surface area contributed by atoms with Gasteiger partial charge in [-0.15, -0.1) is 0 Å². The van der Waals surface area contributed by atoms with Crippen LogP contribution in [0.4, 0.5) is 0 Å². The Labute approximate surface area is 133 Å². The standard InChI is InChI=1S/C19H38N2/c1-4-7-9-11-13-16-21-18-17-20(19(21)14-6-3)15-12-10-8-5-2/h17-19H,4-16H2,1-3H3. The second kappa shape index (κ2) is 11.9. The van der Waals surface area contributed by atoms with E-state index in [0.717, 1.165) is 0 Å². The first-order chi connectivity index (χ1) is 10.3. The van der Waals surface area contributed by atoms with Crippen LogP contribution in [-0.4, -0.2) is 29.1 Å². The Morgan fingerprint density at radius 2 is 1.10 bits per heavy atom. The topological polar surface area (TPSA) is 6.48 Å². The van der Waals surface area contributed by atoms with Crippen molar-refractivity contribution in [3.8, 4) is 0 Å². The summed E-state index contributed by atoms with van der Waals surface area (Å²) in [5.74, 6) is 0. The molecule has 1 unspecified atom stereocenters. The quantitative estimate of drug-likeness (QED) is 0.399. The lowest BCUT2D eigenvalue weighted by atomic mass is 10.1. The average Bonchev–Trinajstić information content (AvgIpc) is 2.86. The van der Waals surface area contributed by atoms with E-state index in [0.29, 0.717) is 6.17 Å². The van der Waals surface area contributed by atoms with E-state index in [1.54, 1.807) is 0 Å². The van der Waals surface area contributed by atoms with Crippen molar-refractivity contribution in [1.29, 1.82) is 0 Å². The van der Waals surface area contributed by atoms with Crippen molar-refractivity contribution in [2.45, 2.75) is 97.6 Å². The summed E-state index contributed by atoms with van der Waals surface area (Å²) in [5, 5.41) is 0. The van der Waals surface area contributed by atoms with Crippen LogP contribution in [-0.2, 0) is 0 Å². The Hall–Kier alpha value is -0.660. The summed E-state index contributed by atoms with van der Waals surface area (Å²) in [6, 6.07) is 0. The van der Waals surface area contributed by atoms with Gasteiger partial charge in [-0.1, -0.05) is 72.1 Å². The first kappa shape index (κ1) is 18.4. The SMILES string of the molecule is CCCCCCCN1C=CN(CCCCCC)C1CCC. The molecule has 0 aromatic carbocycles. The fourth-order valence-electron chi connectivity index (χ4n) is 3.22. The fourth-order valence-corrected chi connectivity index (χ4v) is 3.22. The third-order valence-electron chi connectivity index (χ3n) is 4.55. The average molecular weight is 295 g/mol. The highest BCUT2D eigenvalue weighted by atomic mass is 15.4.